The zero-order valence-electron chi connectivity index (χ0n) is 10.6. The third-order valence-corrected chi connectivity index (χ3v) is 3.26. The molecule has 0 bridgehead atoms. The largest absolute Gasteiger partial charge is 0.370 e. The number of carbonyl (C=O) groups is 2. The van der Waals surface area contributed by atoms with E-state index in [1.54, 1.807) is 0 Å². The Morgan fingerprint density at radius 3 is 2.65 bits per heavy atom. The molecule has 0 aliphatic carbocycles. The fourth-order valence-electron chi connectivity index (χ4n) is 1.52. The number of amides is 2. The van der Waals surface area contributed by atoms with Crippen molar-refractivity contribution in [2.75, 3.05) is 6.54 Å². The van der Waals surface area contributed by atoms with Gasteiger partial charge in [0.1, 0.15) is 0 Å². The summed E-state index contributed by atoms with van der Waals surface area (Å²) in [5.41, 5.74) is 5.59. The van der Waals surface area contributed by atoms with Crippen molar-refractivity contribution in [3.63, 3.8) is 0 Å². The van der Waals surface area contributed by atoms with Crippen LogP contribution in [0.1, 0.15) is 18.4 Å². The highest BCUT2D eigenvalue weighted by Gasteiger charge is 2.11. The summed E-state index contributed by atoms with van der Waals surface area (Å²) in [7, 11) is 0. The molecule has 0 heterocycles. The summed E-state index contributed by atoms with van der Waals surface area (Å²) in [6, 6.07) is 4.24. The number of nitro groups is 1. The second-order valence-corrected chi connectivity index (χ2v) is 4.98. The minimum atomic E-state index is -0.502. The van der Waals surface area contributed by atoms with Gasteiger partial charge in [0.05, 0.1) is 11.3 Å². The number of carbonyl (C=O) groups excluding carboxylic acids is 2. The zero-order chi connectivity index (χ0) is 15.1. The Morgan fingerprint density at radius 1 is 1.40 bits per heavy atom. The molecule has 3 N–H and O–H groups in total. The van der Waals surface area contributed by atoms with Gasteiger partial charge in [-0.1, -0.05) is 22.0 Å². The highest BCUT2D eigenvalue weighted by Crippen LogP contribution is 2.23. The van der Waals surface area contributed by atoms with Crippen LogP contribution in [0.2, 0.25) is 0 Å². The lowest BCUT2D eigenvalue weighted by Crippen LogP contribution is -2.27. The van der Waals surface area contributed by atoms with Crippen LogP contribution in [0, 0.1) is 10.1 Å². The molecule has 8 heteroatoms. The third-order valence-electron chi connectivity index (χ3n) is 2.52. The summed E-state index contributed by atoms with van der Waals surface area (Å²) in [6.45, 7) is 0.367. The van der Waals surface area contributed by atoms with Gasteiger partial charge in [-0.15, -0.1) is 0 Å². The number of hydrogen-bond acceptors (Lipinski definition) is 4. The van der Waals surface area contributed by atoms with Crippen LogP contribution in [0.3, 0.4) is 0 Å². The average molecular weight is 344 g/mol. The van der Waals surface area contributed by atoms with Gasteiger partial charge in [0.25, 0.3) is 5.69 Å². The molecule has 1 aromatic carbocycles. The van der Waals surface area contributed by atoms with Crippen LogP contribution in [-0.4, -0.2) is 23.3 Å². The number of rotatable bonds is 7. The lowest BCUT2D eigenvalue weighted by atomic mass is 10.1. The Balaban J connectivity index is 2.50. The molecule has 0 aromatic heterocycles. The molecule has 20 heavy (non-hydrogen) atoms. The number of nitrogens with one attached hydrogen (secondary N) is 1. The van der Waals surface area contributed by atoms with Crippen molar-refractivity contribution in [2.24, 2.45) is 5.73 Å². The van der Waals surface area contributed by atoms with E-state index in [0.717, 1.165) is 0 Å². The van der Waals surface area contributed by atoms with E-state index in [2.05, 4.69) is 21.2 Å². The molecule has 0 aliphatic rings. The highest BCUT2D eigenvalue weighted by atomic mass is 79.9. The molecule has 0 fully saturated rings. The van der Waals surface area contributed by atoms with Crippen molar-refractivity contribution in [1.82, 2.24) is 5.32 Å². The number of nitrogens with two attached hydrogens (primary N) is 1. The molecule has 0 aliphatic heterocycles. The van der Waals surface area contributed by atoms with E-state index in [4.69, 9.17) is 5.73 Å². The maximum Gasteiger partial charge on any atom is 0.270 e. The lowest BCUT2D eigenvalue weighted by Gasteiger charge is -2.06. The van der Waals surface area contributed by atoms with Crippen LogP contribution >= 0.6 is 15.9 Å². The maximum absolute atomic E-state index is 11.6. The Hall–Kier alpha value is -1.96. The zero-order valence-corrected chi connectivity index (χ0v) is 12.2. The molecule has 108 valence electrons. The summed E-state index contributed by atoms with van der Waals surface area (Å²) in [5.74, 6) is -0.624. The number of primary amides is 1. The number of benzene rings is 1. The van der Waals surface area contributed by atoms with Crippen molar-refractivity contribution in [3.05, 3.63) is 38.3 Å². The van der Waals surface area contributed by atoms with E-state index in [-0.39, 0.29) is 24.4 Å². The van der Waals surface area contributed by atoms with E-state index in [0.29, 0.717) is 23.0 Å². The highest BCUT2D eigenvalue weighted by molar-refractivity contribution is 9.10. The standard InChI is InChI=1S/C12H14BrN3O4/c13-10-7-9(16(19)20)4-3-8(10)6-12(18)15-5-1-2-11(14)17/h3-4,7H,1-2,5-6H2,(H2,14,17)(H,15,18). The number of halogens is 1. The first kappa shape index (κ1) is 16.1. The Labute approximate surface area is 123 Å². The smallest absolute Gasteiger partial charge is 0.270 e. The van der Waals surface area contributed by atoms with Gasteiger partial charge in [0, 0.05) is 29.6 Å². The minimum Gasteiger partial charge on any atom is -0.370 e. The SMILES string of the molecule is NC(=O)CCCNC(=O)Cc1ccc([N+](=O)[O-])cc1Br. The Morgan fingerprint density at radius 2 is 2.10 bits per heavy atom. The summed E-state index contributed by atoms with van der Waals surface area (Å²) < 4.78 is 0.513. The molecular weight excluding hydrogens is 330 g/mol. The van der Waals surface area contributed by atoms with Gasteiger partial charge < -0.3 is 11.1 Å². The average Bonchev–Trinajstić information content (AvgIpc) is 2.36. The summed E-state index contributed by atoms with van der Waals surface area (Å²) >= 11 is 3.20. The van der Waals surface area contributed by atoms with Crippen LogP contribution in [0.25, 0.3) is 0 Å². The van der Waals surface area contributed by atoms with Crippen molar-refractivity contribution < 1.29 is 14.5 Å². The topological polar surface area (TPSA) is 115 Å². The first-order valence-electron chi connectivity index (χ1n) is 5.88. The van der Waals surface area contributed by atoms with Gasteiger partial charge >= 0.3 is 0 Å². The van der Waals surface area contributed by atoms with Crippen molar-refractivity contribution in [1.29, 1.82) is 0 Å². The summed E-state index contributed by atoms with van der Waals surface area (Å²) in [5, 5.41) is 13.2. The van der Waals surface area contributed by atoms with Crippen molar-refractivity contribution in [2.45, 2.75) is 19.3 Å². The van der Waals surface area contributed by atoms with Crippen molar-refractivity contribution in [3.8, 4) is 0 Å². The predicted octanol–water partition coefficient (Wildman–Crippen LogP) is 1.28. The van der Waals surface area contributed by atoms with E-state index in [9.17, 15) is 19.7 Å². The second-order valence-electron chi connectivity index (χ2n) is 4.13. The molecule has 0 saturated carbocycles. The number of nitro benzene ring substituents is 1. The fourth-order valence-corrected chi connectivity index (χ4v) is 2.03. The predicted molar refractivity (Wildman–Crippen MR) is 75.9 cm³/mol. The normalized spacial score (nSPS) is 10.1. The first-order chi connectivity index (χ1) is 9.40. The minimum absolute atomic E-state index is 0.0394. The van der Waals surface area contributed by atoms with Crippen LogP contribution in [0.4, 0.5) is 5.69 Å². The fraction of sp³-hybridized carbons (Fsp3) is 0.333. The second kappa shape index (κ2) is 7.59. The van der Waals surface area contributed by atoms with Crippen molar-refractivity contribution >= 4 is 33.4 Å². The molecule has 0 atom stereocenters. The molecule has 1 aromatic rings. The third kappa shape index (κ3) is 5.35. The van der Waals surface area contributed by atoms with E-state index in [1.807, 2.05) is 0 Å². The van der Waals surface area contributed by atoms with Gasteiger partial charge in [0.2, 0.25) is 11.8 Å². The molecule has 1 rings (SSSR count). The first-order valence-corrected chi connectivity index (χ1v) is 6.67. The van der Waals surface area contributed by atoms with Crippen LogP contribution in [0.15, 0.2) is 22.7 Å². The van der Waals surface area contributed by atoms with Crippen LogP contribution < -0.4 is 11.1 Å². The van der Waals surface area contributed by atoms with Crippen LogP contribution in [-0.2, 0) is 16.0 Å². The molecular formula is C12H14BrN3O4. The quantitative estimate of drug-likeness (QED) is 0.440. The lowest BCUT2D eigenvalue weighted by molar-refractivity contribution is -0.384. The Bertz CT molecular complexity index is 533. The number of non-ortho nitro benzene ring substituents is 1. The molecule has 0 unspecified atom stereocenters. The van der Waals surface area contributed by atoms with Gasteiger partial charge in [-0.3, -0.25) is 19.7 Å². The molecule has 0 radical (unpaired) electrons. The molecule has 0 spiro atoms. The van der Waals surface area contributed by atoms with Gasteiger partial charge in [-0.25, -0.2) is 0 Å². The van der Waals surface area contributed by atoms with Gasteiger partial charge in [-0.2, -0.15) is 0 Å². The maximum atomic E-state index is 11.6. The van der Waals surface area contributed by atoms with E-state index >= 15 is 0 Å². The number of hydrogen-bond donors (Lipinski definition) is 2. The van der Waals surface area contributed by atoms with Gasteiger partial charge in [-0.05, 0) is 12.0 Å². The summed E-state index contributed by atoms with van der Waals surface area (Å²) in [4.78, 5) is 32.2. The molecule has 0 saturated heterocycles. The van der Waals surface area contributed by atoms with E-state index < -0.39 is 10.8 Å². The summed E-state index contributed by atoms with van der Waals surface area (Å²) in [6.07, 6.45) is 0.819. The Kier molecular flexibility index (Phi) is 6.10. The van der Waals surface area contributed by atoms with Crippen LogP contribution in [0.5, 0.6) is 0 Å². The van der Waals surface area contributed by atoms with Gasteiger partial charge in [0.15, 0.2) is 0 Å². The molecule has 7 nitrogen and oxygen atoms in total. The molecule has 2 amide bonds. The number of nitrogens with zero attached hydrogens (tertiary/aromatic N) is 1. The monoisotopic (exact) mass is 343 g/mol. The van der Waals surface area contributed by atoms with E-state index in [1.165, 1.54) is 18.2 Å².